The van der Waals surface area contributed by atoms with E-state index in [1.807, 2.05) is 6.92 Å². The lowest BCUT2D eigenvalue weighted by molar-refractivity contribution is 0.0844. The topological polar surface area (TPSA) is 97.6 Å². The van der Waals surface area contributed by atoms with Crippen LogP contribution in [0.1, 0.15) is 27.6 Å². The standard InChI is InChI=1S/C19H15ClN2O5/c1-2-26-14-8-5-12-9-15(19(25)27-16(12)10-14)18(24)22-21-17(23)11-3-6-13(20)7-4-11/h3-10H,2H2,1H3,(H,21,23)(H,22,24). The van der Waals surface area contributed by atoms with Crippen LogP contribution in [-0.2, 0) is 0 Å². The van der Waals surface area contributed by atoms with Crippen LogP contribution in [0, 0.1) is 0 Å². The van der Waals surface area contributed by atoms with Crippen LogP contribution in [0.15, 0.2) is 57.7 Å². The highest BCUT2D eigenvalue weighted by molar-refractivity contribution is 6.30. The minimum Gasteiger partial charge on any atom is -0.494 e. The van der Waals surface area contributed by atoms with Crippen molar-refractivity contribution in [2.45, 2.75) is 6.92 Å². The Morgan fingerprint density at radius 1 is 1.04 bits per heavy atom. The summed E-state index contributed by atoms with van der Waals surface area (Å²) in [5.74, 6) is -0.783. The molecule has 3 aromatic rings. The van der Waals surface area contributed by atoms with Gasteiger partial charge in [-0.1, -0.05) is 11.6 Å². The number of amides is 2. The quantitative estimate of drug-likeness (QED) is 0.530. The fraction of sp³-hybridized carbons (Fsp3) is 0.105. The molecule has 0 aliphatic rings. The Labute approximate surface area is 158 Å². The summed E-state index contributed by atoms with van der Waals surface area (Å²) < 4.78 is 10.5. The summed E-state index contributed by atoms with van der Waals surface area (Å²) in [7, 11) is 0. The van der Waals surface area contributed by atoms with Crippen molar-refractivity contribution < 1.29 is 18.7 Å². The molecule has 0 fully saturated rings. The molecule has 2 aromatic carbocycles. The van der Waals surface area contributed by atoms with E-state index in [0.717, 1.165) is 0 Å². The summed E-state index contributed by atoms with van der Waals surface area (Å²) in [6, 6.07) is 12.4. The number of hydrogen-bond acceptors (Lipinski definition) is 5. The van der Waals surface area contributed by atoms with E-state index < -0.39 is 17.4 Å². The van der Waals surface area contributed by atoms with Gasteiger partial charge < -0.3 is 9.15 Å². The minimum absolute atomic E-state index is 0.233. The average molecular weight is 387 g/mol. The number of rotatable bonds is 4. The van der Waals surface area contributed by atoms with E-state index in [9.17, 15) is 14.4 Å². The highest BCUT2D eigenvalue weighted by Gasteiger charge is 2.15. The molecule has 0 aliphatic carbocycles. The van der Waals surface area contributed by atoms with E-state index in [2.05, 4.69) is 10.9 Å². The second-order valence-corrected chi connectivity index (χ2v) is 5.93. The first-order chi connectivity index (χ1) is 13.0. The number of hydrazine groups is 1. The summed E-state index contributed by atoms with van der Waals surface area (Å²) in [5.41, 5.74) is 3.97. The number of nitrogens with one attached hydrogen (secondary N) is 2. The Morgan fingerprint density at radius 2 is 1.74 bits per heavy atom. The molecule has 8 heteroatoms. The SMILES string of the molecule is CCOc1ccc2cc(C(=O)NNC(=O)c3ccc(Cl)cc3)c(=O)oc2c1. The molecule has 1 aromatic heterocycles. The van der Waals surface area contributed by atoms with Crippen LogP contribution < -0.4 is 21.2 Å². The largest absolute Gasteiger partial charge is 0.494 e. The second-order valence-electron chi connectivity index (χ2n) is 5.50. The summed E-state index contributed by atoms with van der Waals surface area (Å²) >= 11 is 5.76. The average Bonchev–Trinajstić information content (AvgIpc) is 2.66. The lowest BCUT2D eigenvalue weighted by Crippen LogP contribution is -2.43. The predicted molar refractivity (Wildman–Crippen MR) is 100 cm³/mol. The Morgan fingerprint density at radius 3 is 2.44 bits per heavy atom. The molecule has 0 atom stereocenters. The zero-order valence-electron chi connectivity index (χ0n) is 14.2. The molecule has 2 N–H and O–H groups in total. The summed E-state index contributed by atoms with van der Waals surface area (Å²) in [6.07, 6.45) is 0. The van der Waals surface area contributed by atoms with E-state index in [0.29, 0.717) is 33.9 Å². The Bertz CT molecular complexity index is 1060. The molecule has 7 nitrogen and oxygen atoms in total. The zero-order valence-corrected chi connectivity index (χ0v) is 15.0. The van der Waals surface area contributed by atoms with Crippen molar-refractivity contribution in [3.63, 3.8) is 0 Å². The molecule has 0 bridgehead atoms. The van der Waals surface area contributed by atoms with Gasteiger partial charge in [0.25, 0.3) is 11.8 Å². The molecule has 27 heavy (non-hydrogen) atoms. The molecule has 0 saturated carbocycles. The molecule has 0 spiro atoms. The number of carbonyl (C=O) groups is 2. The number of benzene rings is 2. The van der Waals surface area contributed by atoms with Crippen LogP contribution in [-0.4, -0.2) is 18.4 Å². The third kappa shape index (κ3) is 4.27. The highest BCUT2D eigenvalue weighted by atomic mass is 35.5. The molecule has 0 radical (unpaired) electrons. The monoisotopic (exact) mass is 386 g/mol. The van der Waals surface area contributed by atoms with Crippen molar-refractivity contribution >= 4 is 34.4 Å². The Kier molecular flexibility index (Phi) is 5.42. The van der Waals surface area contributed by atoms with E-state index in [1.54, 1.807) is 30.3 Å². The second kappa shape index (κ2) is 7.92. The number of halogens is 1. The van der Waals surface area contributed by atoms with Gasteiger partial charge in [0, 0.05) is 22.0 Å². The molecule has 0 unspecified atom stereocenters. The molecule has 0 aliphatic heterocycles. The Hall–Kier alpha value is -3.32. The smallest absolute Gasteiger partial charge is 0.349 e. The summed E-state index contributed by atoms with van der Waals surface area (Å²) in [4.78, 5) is 36.3. The van der Waals surface area contributed by atoms with Gasteiger partial charge in [-0.05, 0) is 49.4 Å². The molecular formula is C19H15ClN2O5. The first kappa shape index (κ1) is 18.5. The molecule has 2 amide bonds. The van der Waals surface area contributed by atoms with Crippen molar-refractivity contribution in [3.8, 4) is 5.75 Å². The van der Waals surface area contributed by atoms with Gasteiger partial charge in [0.1, 0.15) is 16.9 Å². The lowest BCUT2D eigenvalue weighted by atomic mass is 10.1. The molecular weight excluding hydrogens is 372 g/mol. The Balaban J connectivity index is 1.76. The van der Waals surface area contributed by atoms with Crippen LogP contribution >= 0.6 is 11.6 Å². The van der Waals surface area contributed by atoms with Crippen LogP contribution in [0.3, 0.4) is 0 Å². The predicted octanol–water partition coefficient (Wildman–Crippen LogP) is 2.92. The van der Waals surface area contributed by atoms with E-state index in [-0.39, 0.29) is 5.56 Å². The number of ether oxygens (including phenoxy) is 1. The van der Waals surface area contributed by atoms with Gasteiger partial charge in [-0.2, -0.15) is 0 Å². The molecule has 138 valence electrons. The number of fused-ring (bicyclic) bond motifs is 1. The maximum Gasteiger partial charge on any atom is 0.349 e. The van der Waals surface area contributed by atoms with Crippen molar-refractivity contribution in [3.05, 3.63) is 75.1 Å². The van der Waals surface area contributed by atoms with Gasteiger partial charge >= 0.3 is 5.63 Å². The van der Waals surface area contributed by atoms with Crippen LogP contribution in [0.25, 0.3) is 11.0 Å². The summed E-state index contributed by atoms with van der Waals surface area (Å²) in [5, 5.41) is 1.03. The molecule has 1 heterocycles. The van der Waals surface area contributed by atoms with Crippen molar-refractivity contribution in [2.24, 2.45) is 0 Å². The minimum atomic E-state index is -0.825. The summed E-state index contributed by atoms with van der Waals surface area (Å²) in [6.45, 7) is 2.32. The van der Waals surface area contributed by atoms with Gasteiger partial charge in [-0.15, -0.1) is 0 Å². The third-order valence-electron chi connectivity index (χ3n) is 3.66. The highest BCUT2D eigenvalue weighted by Crippen LogP contribution is 2.20. The van der Waals surface area contributed by atoms with E-state index in [1.165, 1.54) is 18.2 Å². The number of carbonyl (C=O) groups excluding carboxylic acids is 2. The first-order valence-corrected chi connectivity index (χ1v) is 8.42. The van der Waals surface area contributed by atoms with Crippen molar-refractivity contribution in [2.75, 3.05) is 6.61 Å². The van der Waals surface area contributed by atoms with Crippen LogP contribution in [0.5, 0.6) is 5.75 Å². The lowest BCUT2D eigenvalue weighted by Gasteiger charge is -2.08. The number of hydrogen-bond donors (Lipinski definition) is 2. The fourth-order valence-electron chi connectivity index (χ4n) is 2.36. The van der Waals surface area contributed by atoms with Crippen molar-refractivity contribution in [1.82, 2.24) is 10.9 Å². The van der Waals surface area contributed by atoms with Crippen LogP contribution in [0.2, 0.25) is 5.02 Å². The molecule has 0 saturated heterocycles. The van der Waals surface area contributed by atoms with Gasteiger partial charge in [-0.25, -0.2) is 4.79 Å². The molecule has 3 rings (SSSR count). The maximum atomic E-state index is 12.2. The normalized spacial score (nSPS) is 10.4. The van der Waals surface area contributed by atoms with Gasteiger partial charge in [-0.3, -0.25) is 20.4 Å². The third-order valence-corrected chi connectivity index (χ3v) is 3.91. The fourth-order valence-corrected chi connectivity index (χ4v) is 2.49. The van der Waals surface area contributed by atoms with E-state index >= 15 is 0 Å². The van der Waals surface area contributed by atoms with Gasteiger partial charge in [0.15, 0.2) is 0 Å². The van der Waals surface area contributed by atoms with Gasteiger partial charge in [0.2, 0.25) is 0 Å². The van der Waals surface area contributed by atoms with Crippen LogP contribution in [0.4, 0.5) is 0 Å². The zero-order chi connectivity index (χ0) is 19.4. The van der Waals surface area contributed by atoms with Crippen molar-refractivity contribution in [1.29, 1.82) is 0 Å². The maximum absolute atomic E-state index is 12.2. The van der Waals surface area contributed by atoms with E-state index in [4.69, 9.17) is 20.8 Å². The van der Waals surface area contributed by atoms with Gasteiger partial charge in [0.05, 0.1) is 6.61 Å². The first-order valence-electron chi connectivity index (χ1n) is 8.05.